The molecule has 0 bridgehead atoms. The first-order chi connectivity index (χ1) is 12.6. The molecule has 4 aromatic rings. The van der Waals surface area contributed by atoms with Crippen LogP contribution < -0.4 is 5.32 Å². The van der Waals surface area contributed by atoms with Gasteiger partial charge in [0, 0.05) is 39.9 Å². The molecule has 0 saturated heterocycles. The maximum absolute atomic E-state index is 13.0. The lowest BCUT2D eigenvalue weighted by atomic mass is 10.0. The number of halogens is 2. The van der Waals surface area contributed by atoms with Gasteiger partial charge in [-0.15, -0.1) is 11.3 Å². The smallest absolute Gasteiger partial charge is 0.255 e. The van der Waals surface area contributed by atoms with E-state index in [1.165, 1.54) is 0 Å². The maximum Gasteiger partial charge on any atom is 0.255 e. The standard InChI is InChI=1S/C20H14Cl2N2OS/c21-15-7-6-14(17(22)10-15)11-23-19(25)18-16(13-4-2-1-3-5-13)12-24-8-9-26-20(18)24/h1-10,12H,11H2,(H,23,25). The molecule has 0 radical (unpaired) electrons. The lowest BCUT2D eigenvalue weighted by Gasteiger charge is -2.08. The number of carbonyl (C=O) groups is 1. The van der Waals surface area contributed by atoms with Crippen molar-refractivity contribution >= 4 is 45.3 Å². The van der Waals surface area contributed by atoms with Crippen LogP contribution in [0.25, 0.3) is 16.0 Å². The van der Waals surface area contributed by atoms with Crippen LogP contribution in [-0.4, -0.2) is 10.3 Å². The third kappa shape index (κ3) is 3.23. The minimum atomic E-state index is -0.125. The summed E-state index contributed by atoms with van der Waals surface area (Å²) >= 11 is 13.7. The van der Waals surface area contributed by atoms with E-state index in [1.54, 1.807) is 23.5 Å². The van der Waals surface area contributed by atoms with E-state index in [0.29, 0.717) is 22.2 Å². The fourth-order valence-corrected chi connectivity index (χ4v) is 4.23. The molecule has 6 heteroatoms. The van der Waals surface area contributed by atoms with Crippen LogP contribution in [0, 0.1) is 0 Å². The molecule has 2 heterocycles. The molecule has 130 valence electrons. The van der Waals surface area contributed by atoms with Crippen LogP contribution in [0.15, 0.2) is 66.3 Å². The fourth-order valence-electron chi connectivity index (χ4n) is 2.88. The number of hydrogen-bond donors (Lipinski definition) is 1. The number of thiazole rings is 1. The zero-order valence-corrected chi connectivity index (χ0v) is 15.9. The quantitative estimate of drug-likeness (QED) is 0.454. The molecule has 4 rings (SSSR count). The largest absolute Gasteiger partial charge is 0.348 e. The Kier molecular flexibility index (Phi) is 4.72. The van der Waals surface area contributed by atoms with Crippen molar-refractivity contribution in [3.8, 4) is 11.1 Å². The molecular weight excluding hydrogens is 387 g/mol. The second-order valence-corrected chi connectivity index (χ2v) is 7.56. The van der Waals surface area contributed by atoms with Crippen molar-refractivity contribution in [3.63, 3.8) is 0 Å². The van der Waals surface area contributed by atoms with Crippen LogP contribution in [0.3, 0.4) is 0 Å². The summed E-state index contributed by atoms with van der Waals surface area (Å²) in [6.07, 6.45) is 3.95. The molecule has 0 fully saturated rings. The Morgan fingerprint density at radius 1 is 1.12 bits per heavy atom. The summed E-state index contributed by atoms with van der Waals surface area (Å²) in [5.41, 5.74) is 3.43. The van der Waals surface area contributed by atoms with E-state index in [0.717, 1.165) is 21.5 Å². The average Bonchev–Trinajstić information content (AvgIpc) is 3.22. The van der Waals surface area contributed by atoms with Crippen molar-refractivity contribution in [1.82, 2.24) is 9.72 Å². The van der Waals surface area contributed by atoms with Gasteiger partial charge in [-0.05, 0) is 23.3 Å². The Morgan fingerprint density at radius 3 is 2.69 bits per heavy atom. The van der Waals surface area contributed by atoms with E-state index in [2.05, 4.69) is 5.32 Å². The lowest BCUT2D eigenvalue weighted by molar-refractivity contribution is 0.0953. The van der Waals surface area contributed by atoms with Gasteiger partial charge in [0.2, 0.25) is 0 Å². The molecule has 0 saturated carbocycles. The molecule has 1 N–H and O–H groups in total. The molecule has 0 aliphatic rings. The molecular formula is C20H14Cl2N2OS. The fraction of sp³-hybridized carbons (Fsp3) is 0.0500. The van der Waals surface area contributed by atoms with Crippen molar-refractivity contribution < 1.29 is 4.79 Å². The van der Waals surface area contributed by atoms with Gasteiger partial charge in [0.1, 0.15) is 4.83 Å². The summed E-state index contributed by atoms with van der Waals surface area (Å²) in [6.45, 7) is 0.339. The highest BCUT2D eigenvalue weighted by molar-refractivity contribution is 7.16. The molecule has 0 aliphatic carbocycles. The number of nitrogens with zero attached hydrogens (tertiary/aromatic N) is 1. The Hall–Kier alpha value is -2.27. The first-order valence-corrected chi connectivity index (χ1v) is 9.63. The van der Waals surface area contributed by atoms with Gasteiger partial charge in [0.15, 0.2) is 0 Å². The van der Waals surface area contributed by atoms with Crippen LogP contribution in [0.1, 0.15) is 15.9 Å². The van der Waals surface area contributed by atoms with Gasteiger partial charge < -0.3 is 9.72 Å². The number of aromatic nitrogens is 1. The monoisotopic (exact) mass is 400 g/mol. The zero-order chi connectivity index (χ0) is 18.1. The molecule has 0 unspecified atom stereocenters. The number of nitrogens with one attached hydrogen (secondary N) is 1. The van der Waals surface area contributed by atoms with Crippen molar-refractivity contribution in [2.45, 2.75) is 6.54 Å². The van der Waals surface area contributed by atoms with Gasteiger partial charge in [0.05, 0.1) is 5.56 Å². The van der Waals surface area contributed by atoms with Crippen LogP contribution in [-0.2, 0) is 6.54 Å². The Bertz CT molecular complexity index is 1090. The second kappa shape index (κ2) is 7.16. The van der Waals surface area contributed by atoms with E-state index in [1.807, 2.05) is 58.6 Å². The van der Waals surface area contributed by atoms with Crippen molar-refractivity contribution in [2.75, 3.05) is 0 Å². The summed E-state index contributed by atoms with van der Waals surface area (Å²) in [5.74, 6) is -0.125. The number of carbonyl (C=O) groups excluding carboxylic acids is 1. The molecule has 2 aromatic carbocycles. The van der Waals surface area contributed by atoms with E-state index in [4.69, 9.17) is 23.2 Å². The van der Waals surface area contributed by atoms with Crippen molar-refractivity contribution in [1.29, 1.82) is 0 Å². The van der Waals surface area contributed by atoms with Crippen LogP contribution in [0.5, 0.6) is 0 Å². The SMILES string of the molecule is O=C(NCc1ccc(Cl)cc1Cl)c1c(-c2ccccc2)cn2ccsc12. The third-order valence-corrected chi connectivity index (χ3v) is 5.64. The van der Waals surface area contributed by atoms with E-state index < -0.39 is 0 Å². The number of amides is 1. The number of benzene rings is 2. The van der Waals surface area contributed by atoms with Crippen LogP contribution in [0.2, 0.25) is 10.0 Å². The van der Waals surface area contributed by atoms with E-state index in [9.17, 15) is 4.79 Å². The predicted molar refractivity (Wildman–Crippen MR) is 108 cm³/mol. The average molecular weight is 401 g/mol. The molecule has 3 nitrogen and oxygen atoms in total. The molecule has 2 aromatic heterocycles. The number of hydrogen-bond acceptors (Lipinski definition) is 2. The highest BCUT2D eigenvalue weighted by Crippen LogP contribution is 2.31. The normalized spacial score (nSPS) is 11.0. The highest BCUT2D eigenvalue weighted by atomic mass is 35.5. The first-order valence-electron chi connectivity index (χ1n) is 7.99. The summed E-state index contributed by atoms with van der Waals surface area (Å²) in [6, 6.07) is 15.2. The molecule has 26 heavy (non-hydrogen) atoms. The van der Waals surface area contributed by atoms with Gasteiger partial charge in [-0.3, -0.25) is 4.79 Å². The van der Waals surface area contributed by atoms with E-state index in [-0.39, 0.29) is 5.91 Å². The topological polar surface area (TPSA) is 33.5 Å². The van der Waals surface area contributed by atoms with Crippen molar-refractivity contribution in [3.05, 3.63) is 87.5 Å². The van der Waals surface area contributed by atoms with Gasteiger partial charge in [-0.25, -0.2) is 0 Å². The Balaban J connectivity index is 1.67. The van der Waals surface area contributed by atoms with Crippen molar-refractivity contribution in [2.24, 2.45) is 0 Å². The predicted octanol–water partition coefficient (Wildman–Crippen LogP) is 5.90. The molecule has 0 spiro atoms. The highest BCUT2D eigenvalue weighted by Gasteiger charge is 2.20. The van der Waals surface area contributed by atoms with Gasteiger partial charge in [0.25, 0.3) is 5.91 Å². The first kappa shape index (κ1) is 17.2. The number of rotatable bonds is 4. The van der Waals surface area contributed by atoms with Gasteiger partial charge >= 0.3 is 0 Å². The van der Waals surface area contributed by atoms with Crippen LogP contribution >= 0.6 is 34.5 Å². The summed E-state index contributed by atoms with van der Waals surface area (Å²) < 4.78 is 1.98. The zero-order valence-electron chi connectivity index (χ0n) is 13.6. The molecule has 0 atom stereocenters. The van der Waals surface area contributed by atoms with E-state index >= 15 is 0 Å². The summed E-state index contributed by atoms with van der Waals surface area (Å²) in [4.78, 5) is 13.9. The van der Waals surface area contributed by atoms with Gasteiger partial charge in [-0.2, -0.15) is 0 Å². The molecule has 0 aliphatic heterocycles. The summed E-state index contributed by atoms with van der Waals surface area (Å²) in [5, 5.41) is 6.06. The minimum Gasteiger partial charge on any atom is -0.348 e. The second-order valence-electron chi connectivity index (χ2n) is 5.82. The Morgan fingerprint density at radius 2 is 1.92 bits per heavy atom. The number of fused-ring (bicyclic) bond motifs is 1. The van der Waals surface area contributed by atoms with Crippen LogP contribution in [0.4, 0.5) is 0 Å². The lowest BCUT2D eigenvalue weighted by Crippen LogP contribution is -2.23. The minimum absolute atomic E-state index is 0.125. The summed E-state index contributed by atoms with van der Waals surface area (Å²) in [7, 11) is 0. The maximum atomic E-state index is 13.0. The molecule has 1 amide bonds. The third-order valence-electron chi connectivity index (χ3n) is 4.15. The van der Waals surface area contributed by atoms with Gasteiger partial charge in [-0.1, -0.05) is 59.6 Å². The Labute approximate surface area is 164 Å².